The first-order chi connectivity index (χ1) is 17.7. The molecular weight excluding hydrogens is 520 g/mol. The van der Waals surface area contributed by atoms with Gasteiger partial charge in [-0.2, -0.15) is 4.31 Å². The summed E-state index contributed by atoms with van der Waals surface area (Å²) in [5.74, 6) is -1.71. The molecule has 9 nitrogen and oxygen atoms in total. The van der Waals surface area contributed by atoms with E-state index in [2.05, 4.69) is 0 Å². The van der Waals surface area contributed by atoms with Crippen LogP contribution in [-0.2, 0) is 42.1 Å². The molecule has 1 amide bonds. The smallest absolute Gasteiger partial charge is 0.338 e. The maximum Gasteiger partial charge on any atom is 0.338 e. The second-order valence-electron chi connectivity index (χ2n) is 8.99. The third-order valence-electron chi connectivity index (χ3n) is 6.67. The number of ether oxygens (including phenoxy) is 2. The molecule has 2 heterocycles. The average Bonchev–Trinajstić information content (AvgIpc) is 2.91. The Kier molecular flexibility index (Phi) is 8.51. The lowest BCUT2D eigenvalue weighted by molar-refractivity contribution is -0.151. The molecule has 2 aliphatic heterocycles. The van der Waals surface area contributed by atoms with Gasteiger partial charge in [-0.25, -0.2) is 13.2 Å². The van der Waals surface area contributed by atoms with E-state index in [0.29, 0.717) is 45.5 Å². The van der Waals surface area contributed by atoms with Crippen LogP contribution in [0.4, 0.5) is 0 Å². The molecule has 2 aliphatic rings. The molecule has 0 N–H and O–H groups in total. The van der Waals surface area contributed by atoms with Crippen molar-refractivity contribution >= 4 is 39.5 Å². The van der Waals surface area contributed by atoms with E-state index in [1.165, 1.54) is 27.4 Å². The topological polar surface area (TPSA) is 110 Å². The number of fused-ring (bicyclic) bond motifs is 1. The van der Waals surface area contributed by atoms with Crippen molar-refractivity contribution < 1.29 is 32.3 Å². The number of hydrogen-bond acceptors (Lipinski definition) is 7. The SMILES string of the molecule is CCOC(=O)C1CCN(C(=O)COC(=O)c2ccc(Cl)c(S(=O)(=O)N3CCc4ccccc4C3)c2)CC1. The van der Waals surface area contributed by atoms with Crippen LogP contribution in [0.1, 0.15) is 41.3 Å². The van der Waals surface area contributed by atoms with Gasteiger partial charge in [0.2, 0.25) is 10.0 Å². The molecule has 0 atom stereocenters. The molecule has 0 unspecified atom stereocenters. The van der Waals surface area contributed by atoms with E-state index >= 15 is 0 Å². The van der Waals surface area contributed by atoms with Crippen LogP contribution in [0.15, 0.2) is 47.4 Å². The monoisotopic (exact) mass is 548 g/mol. The van der Waals surface area contributed by atoms with Gasteiger partial charge in [0.1, 0.15) is 4.90 Å². The standard InChI is InChI=1S/C26H29ClN2O7S/c1-2-35-25(31)19-9-12-28(13-10-19)24(30)17-36-26(32)20-7-8-22(27)23(15-20)37(33,34)29-14-11-18-5-3-4-6-21(18)16-29/h3-8,15,19H,2,9-14,16-17H2,1H3. The van der Waals surface area contributed by atoms with Gasteiger partial charge >= 0.3 is 11.9 Å². The second-order valence-corrected chi connectivity index (χ2v) is 11.3. The number of amides is 1. The van der Waals surface area contributed by atoms with E-state index in [1.807, 2.05) is 24.3 Å². The lowest BCUT2D eigenvalue weighted by Gasteiger charge is -2.30. The maximum absolute atomic E-state index is 13.4. The van der Waals surface area contributed by atoms with E-state index in [0.717, 1.165) is 11.1 Å². The highest BCUT2D eigenvalue weighted by atomic mass is 35.5. The summed E-state index contributed by atoms with van der Waals surface area (Å²) in [6.07, 6.45) is 1.55. The minimum Gasteiger partial charge on any atom is -0.466 e. The van der Waals surface area contributed by atoms with E-state index in [1.54, 1.807) is 6.92 Å². The summed E-state index contributed by atoms with van der Waals surface area (Å²) < 4.78 is 38.3. The third-order valence-corrected chi connectivity index (χ3v) is 9.00. The molecule has 2 aromatic carbocycles. The highest BCUT2D eigenvalue weighted by Gasteiger charge is 2.31. The highest BCUT2D eigenvalue weighted by Crippen LogP contribution is 2.30. The summed E-state index contributed by atoms with van der Waals surface area (Å²) in [6.45, 7) is 2.81. The van der Waals surface area contributed by atoms with E-state index < -0.39 is 22.6 Å². The number of sulfonamides is 1. The zero-order chi connectivity index (χ0) is 26.6. The van der Waals surface area contributed by atoms with Crippen LogP contribution in [0.25, 0.3) is 0 Å². The van der Waals surface area contributed by atoms with E-state index in [9.17, 15) is 22.8 Å². The maximum atomic E-state index is 13.4. The van der Waals surface area contributed by atoms with Gasteiger partial charge < -0.3 is 14.4 Å². The Morgan fingerprint density at radius 3 is 2.41 bits per heavy atom. The van der Waals surface area contributed by atoms with Crippen LogP contribution >= 0.6 is 11.6 Å². The van der Waals surface area contributed by atoms with Crippen LogP contribution in [0, 0.1) is 5.92 Å². The van der Waals surface area contributed by atoms with Gasteiger partial charge in [0.05, 0.1) is 23.1 Å². The van der Waals surface area contributed by atoms with Gasteiger partial charge in [-0.15, -0.1) is 0 Å². The fourth-order valence-corrected chi connectivity index (χ4v) is 6.49. The molecule has 37 heavy (non-hydrogen) atoms. The summed E-state index contributed by atoms with van der Waals surface area (Å²) in [6, 6.07) is 11.6. The zero-order valence-corrected chi connectivity index (χ0v) is 22.1. The highest BCUT2D eigenvalue weighted by molar-refractivity contribution is 7.89. The Bertz CT molecular complexity index is 1290. The molecule has 0 saturated carbocycles. The molecule has 0 spiro atoms. The first-order valence-corrected chi connectivity index (χ1v) is 14.0. The molecule has 0 aromatic heterocycles. The number of hydrogen-bond donors (Lipinski definition) is 0. The number of carbonyl (C=O) groups is 3. The predicted octanol–water partition coefficient (Wildman–Crippen LogP) is 3.05. The third kappa shape index (κ3) is 6.14. The second kappa shape index (κ2) is 11.6. The van der Waals surface area contributed by atoms with Gasteiger partial charge in [0, 0.05) is 26.2 Å². The normalized spacial score (nSPS) is 16.6. The van der Waals surface area contributed by atoms with Gasteiger partial charge in [0.15, 0.2) is 6.61 Å². The first-order valence-electron chi connectivity index (χ1n) is 12.2. The minimum atomic E-state index is -3.98. The van der Waals surface area contributed by atoms with E-state index in [4.69, 9.17) is 21.1 Å². The number of benzene rings is 2. The molecule has 2 aromatic rings. The molecule has 0 radical (unpaired) electrons. The number of halogens is 1. The Morgan fingerprint density at radius 1 is 1.00 bits per heavy atom. The van der Waals surface area contributed by atoms with Gasteiger partial charge in [-0.05, 0) is 55.5 Å². The number of carbonyl (C=O) groups excluding carboxylic acids is 3. The summed E-state index contributed by atoms with van der Waals surface area (Å²) in [5, 5.41) is -0.00374. The first kappa shape index (κ1) is 27.1. The molecule has 0 aliphatic carbocycles. The van der Waals surface area contributed by atoms with Crippen LogP contribution in [0.2, 0.25) is 5.02 Å². The summed E-state index contributed by atoms with van der Waals surface area (Å²) in [4.78, 5) is 38.4. The Balaban J connectivity index is 1.38. The predicted molar refractivity (Wildman–Crippen MR) is 135 cm³/mol. The molecule has 1 saturated heterocycles. The summed E-state index contributed by atoms with van der Waals surface area (Å²) in [7, 11) is -3.98. The molecule has 1 fully saturated rings. The van der Waals surface area contributed by atoms with Crippen molar-refractivity contribution in [3.63, 3.8) is 0 Å². The Hall–Kier alpha value is -2.95. The zero-order valence-electron chi connectivity index (χ0n) is 20.5. The molecule has 4 rings (SSSR count). The van der Waals surface area contributed by atoms with Crippen molar-refractivity contribution in [2.45, 2.75) is 37.6 Å². The van der Waals surface area contributed by atoms with Crippen LogP contribution in [0.5, 0.6) is 0 Å². The van der Waals surface area contributed by atoms with Gasteiger partial charge in [-0.3, -0.25) is 9.59 Å². The van der Waals surface area contributed by atoms with Crippen molar-refractivity contribution in [1.82, 2.24) is 9.21 Å². The number of esters is 2. The molecule has 198 valence electrons. The van der Waals surface area contributed by atoms with Crippen LogP contribution < -0.4 is 0 Å². The lowest BCUT2D eigenvalue weighted by atomic mass is 9.97. The summed E-state index contributed by atoms with van der Waals surface area (Å²) >= 11 is 6.24. The minimum absolute atomic E-state index is 0.00374. The molecule has 11 heteroatoms. The summed E-state index contributed by atoms with van der Waals surface area (Å²) in [5.41, 5.74) is 2.01. The van der Waals surface area contributed by atoms with Crippen molar-refractivity contribution in [2.24, 2.45) is 5.92 Å². The molecule has 0 bridgehead atoms. The number of rotatable bonds is 7. The van der Waals surface area contributed by atoms with Crippen LogP contribution in [0.3, 0.4) is 0 Å². The Labute approximate surface area is 221 Å². The average molecular weight is 549 g/mol. The molecular formula is C26H29ClN2O7S. The van der Waals surface area contributed by atoms with Gasteiger partial charge in [-0.1, -0.05) is 35.9 Å². The lowest BCUT2D eigenvalue weighted by Crippen LogP contribution is -2.42. The van der Waals surface area contributed by atoms with Crippen LogP contribution in [-0.4, -0.2) is 68.3 Å². The Morgan fingerprint density at radius 2 is 1.70 bits per heavy atom. The van der Waals surface area contributed by atoms with Crippen molar-refractivity contribution in [3.05, 3.63) is 64.2 Å². The fourth-order valence-electron chi connectivity index (χ4n) is 4.57. The number of nitrogens with zero attached hydrogens (tertiary/aromatic N) is 2. The largest absolute Gasteiger partial charge is 0.466 e. The fraction of sp³-hybridized carbons (Fsp3) is 0.423. The van der Waals surface area contributed by atoms with Crippen molar-refractivity contribution in [2.75, 3.05) is 32.8 Å². The number of piperidine rings is 1. The van der Waals surface area contributed by atoms with E-state index in [-0.39, 0.29) is 39.8 Å². The van der Waals surface area contributed by atoms with Gasteiger partial charge in [0.25, 0.3) is 5.91 Å². The quantitative estimate of drug-likeness (QED) is 0.489. The van der Waals surface area contributed by atoms with Crippen molar-refractivity contribution in [3.8, 4) is 0 Å². The number of likely N-dealkylation sites (tertiary alicyclic amines) is 1. The van der Waals surface area contributed by atoms with Crippen molar-refractivity contribution in [1.29, 1.82) is 0 Å².